The first-order valence-corrected chi connectivity index (χ1v) is 7.60. The van der Waals surface area contributed by atoms with E-state index in [2.05, 4.69) is 21.2 Å². The van der Waals surface area contributed by atoms with Gasteiger partial charge in [0.25, 0.3) is 5.91 Å². The van der Waals surface area contributed by atoms with Crippen LogP contribution in [0.5, 0.6) is 5.75 Å². The summed E-state index contributed by atoms with van der Waals surface area (Å²) in [6, 6.07) is 10.0. The Kier molecular flexibility index (Phi) is 4.91. The second kappa shape index (κ2) is 6.50. The smallest absolute Gasteiger partial charge is 0.252 e. The minimum absolute atomic E-state index is 0.0731. The van der Waals surface area contributed by atoms with Gasteiger partial charge in [0, 0.05) is 15.1 Å². The molecule has 0 aliphatic heterocycles. The summed E-state index contributed by atoms with van der Waals surface area (Å²) >= 11 is 9.40. The number of carbonyl (C=O) groups is 1. The van der Waals surface area contributed by atoms with Gasteiger partial charge in [-0.1, -0.05) is 33.6 Å². The molecule has 2 aromatic carbocycles. The molecule has 110 valence electrons. The number of benzene rings is 2. The van der Waals surface area contributed by atoms with E-state index in [1.54, 1.807) is 18.2 Å². The Morgan fingerprint density at radius 1 is 1.29 bits per heavy atom. The largest absolute Gasteiger partial charge is 0.508 e. The van der Waals surface area contributed by atoms with Gasteiger partial charge in [-0.15, -0.1) is 0 Å². The summed E-state index contributed by atoms with van der Waals surface area (Å²) in [5.74, 6) is -0.157. The maximum absolute atomic E-state index is 12.3. The van der Waals surface area contributed by atoms with Crippen molar-refractivity contribution in [3.05, 3.63) is 62.6 Å². The van der Waals surface area contributed by atoms with E-state index in [0.717, 1.165) is 15.6 Å². The van der Waals surface area contributed by atoms with Crippen molar-refractivity contribution in [3.8, 4) is 5.75 Å². The quantitative estimate of drug-likeness (QED) is 0.831. The molecule has 2 aromatic rings. The molecule has 21 heavy (non-hydrogen) atoms. The van der Waals surface area contributed by atoms with Crippen molar-refractivity contribution in [2.24, 2.45) is 0 Å². The Bertz CT molecular complexity index is 668. The molecule has 1 atom stereocenters. The summed E-state index contributed by atoms with van der Waals surface area (Å²) in [6.45, 7) is 3.71. The highest BCUT2D eigenvalue weighted by Crippen LogP contribution is 2.24. The number of nitrogens with one attached hydrogen (secondary N) is 1. The van der Waals surface area contributed by atoms with Crippen LogP contribution in [0.4, 0.5) is 0 Å². The number of aryl methyl sites for hydroxylation is 1. The lowest BCUT2D eigenvalue weighted by Crippen LogP contribution is -2.27. The van der Waals surface area contributed by atoms with Gasteiger partial charge in [0.2, 0.25) is 0 Å². The Morgan fingerprint density at radius 3 is 2.67 bits per heavy atom. The first kappa shape index (κ1) is 15.9. The predicted molar refractivity (Wildman–Crippen MR) is 87.9 cm³/mol. The number of phenols is 1. The maximum atomic E-state index is 12.3. The van der Waals surface area contributed by atoms with Gasteiger partial charge in [-0.3, -0.25) is 4.79 Å². The number of amides is 1. The Labute approximate surface area is 137 Å². The third kappa shape index (κ3) is 3.99. The van der Waals surface area contributed by atoms with E-state index in [0.29, 0.717) is 10.6 Å². The van der Waals surface area contributed by atoms with E-state index in [1.165, 1.54) is 6.07 Å². The summed E-state index contributed by atoms with van der Waals surface area (Å²) in [7, 11) is 0. The van der Waals surface area contributed by atoms with Crippen LogP contribution in [0, 0.1) is 6.92 Å². The number of hydrogen-bond donors (Lipinski definition) is 2. The van der Waals surface area contributed by atoms with Gasteiger partial charge in [-0.2, -0.15) is 0 Å². The number of carbonyl (C=O) groups excluding carboxylic acids is 1. The van der Waals surface area contributed by atoms with Gasteiger partial charge in [-0.25, -0.2) is 0 Å². The molecule has 1 amide bonds. The summed E-state index contributed by atoms with van der Waals surface area (Å²) in [6.07, 6.45) is 0. The van der Waals surface area contributed by atoms with Crippen molar-refractivity contribution < 1.29 is 9.90 Å². The van der Waals surface area contributed by atoms with Gasteiger partial charge in [-0.05, 0) is 55.3 Å². The molecule has 0 unspecified atom stereocenters. The van der Waals surface area contributed by atoms with Crippen LogP contribution in [0.25, 0.3) is 0 Å². The zero-order valence-corrected chi connectivity index (χ0v) is 14.0. The van der Waals surface area contributed by atoms with E-state index in [-0.39, 0.29) is 17.7 Å². The molecule has 0 aliphatic carbocycles. The van der Waals surface area contributed by atoms with Crippen molar-refractivity contribution in [1.29, 1.82) is 0 Å². The van der Waals surface area contributed by atoms with E-state index in [9.17, 15) is 9.90 Å². The van der Waals surface area contributed by atoms with Gasteiger partial charge >= 0.3 is 0 Å². The molecular weight excluding hydrogens is 354 g/mol. The molecule has 0 radical (unpaired) electrons. The molecular formula is C16H15BrClNO2. The molecule has 0 bridgehead atoms. The monoisotopic (exact) mass is 367 g/mol. The second-order valence-electron chi connectivity index (χ2n) is 4.90. The summed E-state index contributed by atoms with van der Waals surface area (Å²) < 4.78 is 0.861. The highest BCUT2D eigenvalue weighted by atomic mass is 79.9. The number of phenolic OH excluding ortho intramolecular Hbond substituents is 1. The zero-order valence-electron chi connectivity index (χ0n) is 11.7. The Hall–Kier alpha value is -1.52. The van der Waals surface area contributed by atoms with Crippen LogP contribution in [-0.4, -0.2) is 11.0 Å². The van der Waals surface area contributed by atoms with Gasteiger partial charge < -0.3 is 10.4 Å². The summed E-state index contributed by atoms with van der Waals surface area (Å²) in [5.41, 5.74) is 2.17. The average Bonchev–Trinajstić information content (AvgIpc) is 2.40. The SMILES string of the molecule is Cc1ccc(O)cc1C(=O)N[C@H](C)c1cc(Cl)cc(Br)c1. The number of hydrogen-bond acceptors (Lipinski definition) is 2. The van der Waals surface area contributed by atoms with E-state index in [4.69, 9.17) is 11.6 Å². The lowest BCUT2D eigenvalue weighted by Gasteiger charge is -2.16. The van der Waals surface area contributed by atoms with Crippen LogP contribution in [-0.2, 0) is 0 Å². The lowest BCUT2D eigenvalue weighted by atomic mass is 10.1. The first-order chi connectivity index (χ1) is 9.86. The molecule has 0 aromatic heterocycles. The van der Waals surface area contributed by atoms with Crippen LogP contribution in [0.3, 0.4) is 0 Å². The van der Waals surface area contributed by atoms with Crippen molar-refractivity contribution >= 4 is 33.4 Å². The molecule has 0 saturated carbocycles. The third-order valence-corrected chi connectivity index (χ3v) is 3.87. The maximum Gasteiger partial charge on any atom is 0.252 e. The van der Waals surface area contributed by atoms with E-state index < -0.39 is 0 Å². The Balaban J connectivity index is 2.20. The number of halogens is 2. The lowest BCUT2D eigenvalue weighted by molar-refractivity contribution is 0.0939. The van der Waals surface area contributed by atoms with E-state index >= 15 is 0 Å². The normalized spacial score (nSPS) is 12.0. The van der Waals surface area contributed by atoms with Crippen molar-refractivity contribution in [2.75, 3.05) is 0 Å². The topological polar surface area (TPSA) is 49.3 Å². The molecule has 0 aliphatic rings. The molecule has 0 saturated heterocycles. The van der Waals surface area contributed by atoms with Crippen molar-refractivity contribution in [2.45, 2.75) is 19.9 Å². The molecule has 0 spiro atoms. The fraction of sp³-hybridized carbons (Fsp3) is 0.188. The van der Waals surface area contributed by atoms with E-state index in [1.807, 2.05) is 26.0 Å². The van der Waals surface area contributed by atoms with Gasteiger partial charge in [0.05, 0.1) is 6.04 Å². The fourth-order valence-corrected chi connectivity index (χ4v) is 2.92. The van der Waals surface area contributed by atoms with Crippen LogP contribution in [0.15, 0.2) is 40.9 Å². The molecule has 0 fully saturated rings. The van der Waals surface area contributed by atoms with Crippen molar-refractivity contribution in [3.63, 3.8) is 0 Å². The van der Waals surface area contributed by atoms with Gasteiger partial charge in [0.1, 0.15) is 5.75 Å². The average molecular weight is 369 g/mol. The third-order valence-electron chi connectivity index (χ3n) is 3.20. The number of rotatable bonds is 3. The molecule has 2 N–H and O–H groups in total. The minimum atomic E-state index is -0.230. The molecule has 3 nitrogen and oxygen atoms in total. The number of aromatic hydroxyl groups is 1. The highest BCUT2D eigenvalue weighted by Gasteiger charge is 2.14. The minimum Gasteiger partial charge on any atom is -0.508 e. The second-order valence-corrected chi connectivity index (χ2v) is 6.25. The molecule has 5 heteroatoms. The van der Waals surface area contributed by atoms with Crippen LogP contribution < -0.4 is 5.32 Å². The van der Waals surface area contributed by atoms with Crippen LogP contribution in [0.2, 0.25) is 5.02 Å². The van der Waals surface area contributed by atoms with Crippen molar-refractivity contribution in [1.82, 2.24) is 5.32 Å². The van der Waals surface area contributed by atoms with Crippen LogP contribution in [0.1, 0.15) is 34.5 Å². The van der Waals surface area contributed by atoms with Gasteiger partial charge in [0.15, 0.2) is 0 Å². The predicted octanol–water partition coefficient (Wildman–Crippen LogP) is 4.61. The standard InChI is InChI=1S/C16H15BrClNO2/c1-9-3-4-14(20)8-15(9)16(21)19-10(2)11-5-12(17)7-13(18)6-11/h3-8,10,20H,1-2H3,(H,19,21)/t10-/m1/s1. The fourth-order valence-electron chi connectivity index (χ4n) is 2.04. The summed E-state index contributed by atoms with van der Waals surface area (Å²) in [4.78, 5) is 12.3. The molecule has 0 heterocycles. The zero-order chi connectivity index (χ0) is 15.6. The molecule has 2 rings (SSSR count). The summed E-state index contributed by atoms with van der Waals surface area (Å²) in [5, 5.41) is 13.0. The highest BCUT2D eigenvalue weighted by molar-refractivity contribution is 9.10. The first-order valence-electron chi connectivity index (χ1n) is 6.43. The van der Waals surface area contributed by atoms with Crippen LogP contribution >= 0.6 is 27.5 Å². The Morgan fingerprint density at radius 2 is 2.00 bits per heavy atom.